The van der Waals surface area contributed by atoms with Crippen molar-refractivity contribution < 1.29 is 0 Å². The molecule has 2 aliphatic carbocycles. The zero-order chi connectivity index (χ0) is 10.3. The Morgan fingerprint density at radius 1 is 1.14 bits per heavy atom. The molecule has 1 unspecified atom stereocenters. The van der Waals surface area contributed by atoms with E-state index in [4.69, 9.17) is 0 Å². The molecule has 4 atom stereocenters. The second-order valence-electron chi connectivity index (χ2n) is 6.41. The smallest absolute Gasteiger partial charge is 0.0264 e. The van der Waals surface area contributed by atoms with E-state index in [0.717, 1.165) is 23.7 Å². The van der Waals surface area contributed by atoms with Crippen LogP contribution < -0.4 is 0 Å². The van der Waals surface area contributed by atoms with Gasteiger partial charge >= 0.3 is 0 Å². The van der Waals surface area contributed by atoms with Crippen LogP contribution >= 0.6 is 0 Å². The minimum absolute atomic E-state index is 0.700. The van der Waals surface area contributed by atoms with E-state index in [1.54, 1.807) is 0 Å². The molecule has 0 radical (unpaired) electrons. The third-order valence-corrected chi connectivity index (χ3v) is 5.35. The molecule has 0 amide bonds. The van der Waals surface area contributed by atoms with E-state index in [2.05, 4.69) is 27.7 Å². The van der Waals surface area contributed by atoms with Gasteiger partial charge < -0.3 is 0 Å². The van der Waals surface area contributed by atoms with Crippen LogP contribution in [0.1, 0.15) is 59.8 Å². The van der Waals surface area contributed by atoms with Gasteiger partial charge in [0.2, 0.25) is 0 Å². The van der Waals surface area contributed by atoms with E-state index in [0.29, 0.717) is 5.41 Å². The average molecular weight is 194 g/mol. The van der Waals surface area contributed by atoms with Gasteiger partial charge in [0.1, 0.15) is 0 Å². The molecule has 0 bridgehead atoms. The van der Waals surface area contributed by atoms with Crippen molar-refractivity contribution in [2.75, 3.05) is 0 Å². The fourth-order valence-corrected chi connectivity index (χ4v) is 4.70. The van der Waals surface area contributed by atoms with Gasteiger partial charge in [-0.15, -0.1) is 0 Å². The van der Waals surface area contributed by atoms with Crippen molar-refractivity contribution in [3.05, 3.63) is 0 Å². The standard InChI is InChI=1S/C14H26/c1-10(2)12-7-8-13-11(3)6-5-9-14(12,13)4/h10-13H,5-9H2,1-4H3/t11-,12+,13?,14+/m0/s1. The fraction of sp³-hybridized carbons (Fsp3) is 1.00. The van der Waals surface area contributed by atoms with E-state index in [1.807, 2.05) is 0 Å². The summed E-state index contributed by atoms with van der Waals surface area (Å²) in [6.45, 7) is 9.94. The molecule has 0 aromatic heterocycles. The van der Waals surface area contributed by atoms with Crippen molar-refractivity contribution in [3.8, 4) is 0 Å². The summed E-state index contributed by atoms with van der Waals surface area (Å²) in [6, 6.07) is 0. The zero-order valence-corrected chi connectivity index (χ0v) is 10.3. The zero-order valence-electron chi connectivity index (χ0n) is 10.3. The SMILES string of the molecule is CC(C)[C@H]1CCC2[C@@H](C)CCC[C@@]21C. The fourth-order valence-electron chi connectivity index (χ4n) is 4.70. The lowest BCUT2D eigenvalue weighted by atomic mass is 9.60. The maximum Gasteiger partial charge on any atom is -0.0264 e. The van der Waals surface area contributed by atoms with Crippen LogP contribution in [0.5, 0.6) is 0 Å². The van der Waals surface area contributed by atoms with Gasteiger partial charge in [-0.3, -0.25) is 0 Å². The highest BCUT2D eigenvalue weighted by molar-refractivity contribution is 4.99. The normalized spacial score (nSPS) is 48.2. The first-order valence-electron chi connectivity index (χ1n) is 6.55. The summed E-state index contributed by atoms with van der Waals surface area (Å²) in [4.78, 5) is 0. The number of hydrogen-bond donors (Lipinski definition) is 0. The quantitative estimate of drug-likeness (QED) is 0.577. The summed E-state index contributed by atoms with van der Waals surface area (Å²) in [5, 5.41) is 0. The van der Waals surface area contributed by atoms with Gasteiger partial charge in [0.15, 0.2) is 0 Å². The molecule has 2 rings (SSSR count). The Hall–Kier alpha value is 0. The van der Waals surface area contributed by atoms with Gasteiger partial charge in [-0.2, -0.15) is 0 Å². The van der Waals surface area contributed by atoms with E-state index >= 15 is 0 Å². The molecule has 0 spiro atoms. The van der Waals surface area contributed by atoms with Crippen molar-refractivity contribution in [2.45, 2.75) is 59.8 Å². The molecule has 0 heterocycles. The Labute approximate surface area is 89.5 Å². The van der Waals surface area contributed by atoms with Gasteiger partial charge in [-0.25, -0.2) is 0 Å². The summed E-state index contributed by atoms with van der Waals surface area (Å²) >= 11 is 0. The first-order valence-corrected chi connectivity index (χ1v) is 6.55. The minimum atomic E-state index is 0.700. The summed E-state index contributed by atoms with van der Waals surface area (Å²) in [5.41, 5.74) is 0.700. The second-order valence-corrected chi connectivity index (χ2v) is 6.41. The van der Waals surface area contributed by atoms with Crippen LogP contribution in [0.25, 0.3) is 0 Å². The van der Waals surface area contributed by atoms with Gasteiger partial charge in [0, 0.05) is 0 Å². The Bertz CT molecular complexity index is 198. The first-order chi connectivity index (χ1) is 6.55. The largest absolute Gasteiger partial charge is 0.0625 e. The van der Waals surface area contributed by atoms with Crippen LogP contribution in [0.3, 0.4) is 0 Å². The summed E-state index contributed by atoms with van der Waals surface area (Å²) < 4.78 is 0. The first kappa shape index (κ1) is 10.5. The highest BCUT2D eigenvalue weighted by Crippen LogP contribution is 2.59. The van der Waals surface area contributed by atoms with Crippen LogP contribution in [0.4, 0.5) is 0 Å². The van der Waals surface area contributed by atoms with Crippen LogP contribution in [0, 0.1) is 29.1 Å². The summed E-state index contributed by atoms with van der Waals surface area (Å²) in [5.74, 6) is 3.95. The molecule has 82 valence electrons. The molecule has 14 heavy (non-hydrogen) atoms. The van der Waals surface area contributed by atoms with Crippen molar-refractivity contribution >= 4 is 0 Å². The van der Waals surface area contributed by atoms with E-state index in [-0.39, 0.29) is 0 Å². The Balaban J connectivity index is 2.20. The molecule has 0 heteroatoms. The highest BCUT2D eigenvalue weighted by Gasteiger charge is 2.50. The van der Waals surface area contributed by atoms with Crippen molar-refractivity contribution in [2.24, 2.45) is 29.1 Å². The van der Waals surface area contributed by atoms with Gasteiger partial charge in [-0.05, 0) is 48.3 Å². The molecule has 2 saturated carbocycles. The molecule has 0 aliphatic heterocycles. The van der Waals surface area contributed by atoms with Crippen LogP contribution in [0.15, 0.2) is 0 Å². The molecular weight excluding hydrogens is 168 g/mol. The van der Waals surface area contributed by atoms with E-state index < -0.39 is 0 Å². The van der Waals surface area contributed by atoms with E-state index in [9.17, 15) is 0 Å². The number of fused-ring (bicyclic) bond motifs is 1. The number of hydrogen-bond acceptors (Lipinski definition) is 0. The predicted molar refractivity (Wildman–Crippen MR) is 62.2 cm³/mol. The molecule has 0 saturated heterocycles. The molecule has 0 aromatic carbocycles. The summed E-state index contributed by atoms with van der Waals surface area (Å²) in [6.07, 6.45) is 7.50. The maximum atomic E-state index is 2.59. The Morgan fingerprint density at radius 3 is 2.50 bits per heavy atom. The van der Waals surface area contributed by atoms with Crippen LogP contribution in [0.2, 0.25) is 0 Å². The molecule has 2 aliphatic rings. The molecule has 0 nitrogen and oxygen atoms in total. The molecule has 0 aromatic rings. The minimum Gasteiger partial charge on any atom is -0.0625 e. The maximum absolute atomic E-state index is 2.59. The molecule has 2 fully saturated rings. The summed E-state index contributed by atoms with van der Waals surface area (Å²) in [7, 11) is 0. The lowest BCUT2D eigenvalue weighted by Crippen LogP contribution is -2.37. The van der Waals surface area contributed by atoms with Crippen LogP contribution in [-0.2, 0) is 0 Å². The van der Waals surface area contributed by atoms with Crippen LogP contribution in [-0.4, -0.2) is 0 Å². The number of rotatable bonds is 1. The van der Waals surface area contributed by atoms with Crippen molar-refractivity contribution in [1.82, 2.24) is 0 Å². The van der Waals surface area contributed by atoms with Crippen molar-refractivity contribution in [1.29, 1.82) is 0 Å². The lowest BCUT2D eigenvalue weighted by molar-refractivity contribution is 0.0405. The molecular formula is C14H26. The molecule has 0 N–H and O–H groups in total. The third kappa shape index (κ3) is 1.42. The van der Waals surface area contributed by atoms with Crippen molar-refractivity contribution in [3.63, 3.8) is 0 Å². The third-order valence-electron chi connectivity index (χ3n) is 5.35. The lowest BCUT2D eigenvalue weighted by Gasteiger charge is -2.45. The van der Waals surface area contributed by atoms with Gasteiger partial charge in [-0.1, -0.05) is 40.5 Å². The van der Waals surface area contributed by atoms with Gasteiger partial charge in [0.05, 0.1) is 0 Å². The highest BCUT2D eigenvalue weighted by atomic mass is 14.5. The second kappa shape index (κ2) is 3.54. The predicted octanol–water partition coefficient (Wildman–Crippen LogP) is 4.49. The average Bonchev–Trinajstić information content (AvgIpc) is 2.43. The monoisotopic (exact) mass is 194 g/mol. The Kier molecular flexibility index (Phi) is 2.66. The Morgan fingerprint density at radius 2 is 1.86 bits per heavy atom. The van der Waals surface area contributed by atoms with E-state index in [1.165, 1.54) is 32.1 Å². The van der Waals surface area contributed by atoms with Gasteiger partial charge in [0.25, 0.3) is 0 Å². The topological polar surface area (TPSA) is 0 Å².